The summed E-state index contributed by atoms with van der Waals surface area (Å²) in [5.41, 5.74) is 0.892. The molecule has 6 nitrogen and oxygen atoms in total. The van der Waals surface area contributed by atoms with Gasteiger partial charge < -0.3 is 15.0 Å². The highest BCUT2D eigenvalue weighted by atomic mass is 32.1. The fourth-order valence-corrected chi connectivity index (χ4v) is 4.19. The molecule has 1 saturated heterocycles. The predicted octanol–water partition coefficient (Wildman–Crippen LogP) is 3.73. The van der Waals surface area contributed by atoms with Crippen LogP contribution in [0.1, 0.15) is 31.4 Å². The molecule has 4 rings (SSSR count). The lowest BCUT2D eigenvalue weighted by Crippen LogP contribution is -2.42. The Morgan fingerprint density at radius 1 is 1.22 bits per heavy atom. The molecule has 1 unspecified atom stereocenters. The smallest absolute Gasteiger partial charge is 0.267 e. The van der Waals surface area contributed by atoms with Gasteiger partial charge in [0.25, 0.3) is 5.92 Å². The fourth-order valence-electron chi connectivity index (χ4n) is 3.47. The molecule has 1 atom stereocenters. The highest BCUT2D eigenvalue weighted by molar-refractivity contribution is 7.13. The molecule has 2 aromatic heterocycles. The van der Waals surface area contributed by atoms with Gasteiger partial charge in [-0.05, 0) is 19.8 Å². The Hall–Kier alpha value is -1.87. The first-order chi connectivity index (χ1) is 13.0. The number of rotatable bonds is 4. The number of hydrogen-bond acceptors (Lipinski definition) is 7. The third kappa shape index (κ3) is 4.19. The van der Waals surface area contributed by atoms with E-state index < -0.39 is 12.0 Å². The minimum absolute atomic E-state index is 0.0788. The number of anilines is 2. The molecule has 0 radical (unpaired) electrons. The number of ether oxygens (including phenoxy) is 1. The van der Waals surface area contributed by atoms with Crippen molar-refractivity contribution >= 4 is 23.0 Å². The lowest BCUT2D eigenvalue weighted by atomic mass is 9.91. The number of halogens is 2. The molecule has 146 valence electrons. The summed E-state index contributed by atoms with van der Waals surface area (Å²) in [5, 5.41) is 5.61. The van der Waals surface area contributed by atoms with Crippen LogP contribution < -0.4 is 10.2 Å². The van der Waals surface area contributed by atoms with Gasteiger partial charge in [-0.15, -0.1) is 11.3 Å². The Morgan fingerprint density at radius 3 is 2.74 bits per heavy atom. The number of aryl methyl sites for hydroxylation is 1. The van der Waals surface area contributed by atoms with Gasteiger partial charge in [0.2, 0.25) is 0 Å². The average molecular weight is 395 g/mol. The summed E-state index contributed by atoms with van der Waals surface area (Å²) in [5.74, 6) is -1.10. The van der Waals surface area contributed by atoms with Gasteiger partial charge in [-0.3, -0.25) is 0 Å². The molecule has 1 saturated carbocycles. The SMILES string of the molecule is Cc1csc(-c2nc(NC3CCCCC3(F)F)cc(N3CCOCC3)n2)n1. The van der Waals surface area contributed by atoms with Crippen molar-refractivity contribution in [1.82, 2.24) is 15.0 Å². The first-order valence-corrected chi connectivity index (χ1v) is 10.2. The molecule has 1 aliphatic carbocycles. The molecule has 0 bridgehead atoms. The summed E-state index contributed by atoms with van der Waals surface area (Å²) in [7, 11) is 0. The Bertz CT molecular complexity index is 794. The van der Waals surface area contributed by atoms with Crippen molar-refractivity contribution in [2.75, 3.05) is 36.5 Å². The summed E-state index contributed by atoms with van der Waals surface area (Å²) in [6, 6.07) is 0.865. The van der Waals surface area contributed by atoms with Crippen LogP contribution in [0.4, 0.5) is 20.4 Å². The third-order valence-electron chi connectivity index (χ3n) is 4.94. The second kappa shape index (κ2) is 7.63. The van der Waals surface area contributed by atoms with Gasteiger partial charge in [0.15, 0.2) is 10.8 Å². The zero-order chi connectivity index (χ0) is 18.9. The predicted molar refractivity (Wildman–Crippen MR) is 102 cm³/mol. The van der Waals surface area contributed by atoms with Gasteiger partial charge >= 0.3 is 0 Å². The van der Waals surface area contributed by atoms with Gasteiger partial charge in [0.05, 0.1) is 19.3 Å². The second-order valence-corrected chi connectivity index (χ2v) is 7.89. The van der Waals surface area contributed by atoms with Crippen molar-refractivity contribution < 1.29 is 13.5 Å². The highest BCUT2D eigenvalue weighted by Gasteiger charge is 2.41. The van der Waals surface area contributed by atoms with E-state index in [0.717, 1.165) is 17.9 Å². The normalized spacial score (nSPS) is 22.6. The van der Waals surface area contributed by atoms with Crippen LogP contribution in [-0.4, -0.2) is 53.2 Å². The Morgan fingerprint density at radius 2 is 2.04 bits per heavy atom. The topological polar surface area (TPSA) is 63.2 Å². The first-order valence-electron chi connectivity index (χ1n) is 9.30. The maximum atomic E-state index is 14.3. The molecule has 0 amide bonds. The minimum atomic E-state index is -2.72. The van der Waals surface area contributed by atoms with Crippen LogP contribution in [0.25, 0.3) is 10.8 Å². The average Bonchev–Trinajstić information content (AvgIpc) is 3.10. The maximum absolute atomic E-state index is 14.3. The standard InChI is InChI=1S/C18H23F2N5OS/c1-12-11-27-17(21-12)16-23-14(22-13-4-2-3-5-18(13,19)20)10-15(24-16)25-6-8-26-9-7-25/h10-11,13H,2-9H2,1H3,(H,22,23,24). The monoisotopic (exact) mass is 395 g/mol. The Labute approximate surface area is 161 Å². The van der Waals surface area contributed by atoms with Crippen LogP contribution in [0.15, 0.2) is 11.4 Å². The van der Waals surface area contributed by atoms with Crippen molar-refractivity contribution in [3.8, 4) is 10.8 Å². The van der Waals surface area contributed by atoms with Crippen LogP contribution in [0, 0.1) is 6.92 Å². The van der Waals surface area contributed by atoms with E-state index >= 15 is 0 Å². The van der Waals surface area contributed by atoms with Gasteiger partial charge in [-0.2, -0.15) is 0 Å². The minimum Gasteiger partial charge on any atom is -0.378 e. The van der Waals surface area contributed by atoms with Crippen molar-refractivity contribution in [3.63, 3.8) is 0 Å². The third-order valence-corrected chi connectivity index (χ3v) is 5.90. The quantitative estimate of drug-likeness (QED) is 0.851. The molecular weight excluding hydrogens is 372 g/mol. The molecule has 1 aliphatic heterocycles. The van der Waals surface area contributed by atoms with Gasteiger partial charge in [-0.25, -0.2) is 23.7 Å². The van der Waals surface area contributed by atoms with Crippen LogP contribution in [0.3, 0.4) is 0 Å². The number of nitrogens with one attached hydrogen (secondary N) is 1. The molecule has 9 heteroatoms. The van der Waals surface area contributed by atoms with Crippen LogP contribution >= 0.6 is 11.3 Å². The van der Waals surface area contributed by atoms with Crippen molar-refractivity contribution in [3.05, 3.63) is 17.1 Å². The molecule has 2 fully saturated rings. The summed E-state index contributed by atoms with van der Waals surface area (Å²) in [6.07, 6.45) is 1.73. The van der Waals surface area contributed by atoms with Crippen molar-refractivity contribution in [2.45, 2.75) is 44.6 Å². The summed E-state index contributed by atoms with van der Waals surface area (Å²) in [4.78, 5) is 15.7. The van der Waals surface area contributed by atoms with Gasteiger partial charge in [0, 0.05) is 36.7 Å². The van der Waals surface area contributed by atoms with Crippen LogP contribution in [-0.2, 0) is 4.74 Å². The largest absolute Gasteiger partial charge is 0.378 e. The molecule has 2 aliphatic rings. The molecule has 0 aromatic carbocycles. The Kier molecular flexibility index (Phi) is 5.23. The van der Waals surface area contributed by atoms with E-state index in [0.29, 0.717) is 55.8 Å². The van der Waals surface area contributed by atoms with Gasteiger partial charge in [-0.1, -0.05) is 6.42 Å². The second-order valence-electron chi connectivity index (χ2n) is 7.03. The van der Waals surface area contributed by atoms with Crippen molar-refractivity contribution in [2.24, 2.45) is 0 Å². The van der Waals surface area contributed by atoms with E-state index in [-0.39, 0.29) is 6.42 Å². The van der Waals surface area contributed by atoms with E-state index in [1.807, 2.05) is 12.3 Å². The molecule has 27 heavy (non-hydrogen) atoms. The number of nitrogens with zero attached hydrogens (tertiary/aromatic N) is 4. The number of alkyl halides is 2. The molecule has 1 N–H and O–H groups in total. The number of morpholine rings is 1. The van der Waals surface area contributed by atoms with E-state index in [1.165, 1.54) is 11.3 Å². The molecule has 3 heterocycles. The first kappa shape index (κ1) is 18.5. The lowest BCUT2D eigenvalue weighted by Gasteiger charge is -2.33. The zero-order valence-corrected chi connectivity index (χ0v) is 16.1. The summed E-state index contributed by atoms with van der Waals surface area (Å²) in [6.45, 7) is 4.59. The van der Waals surface area contributed by atoms with E-state index in [2.05, 4.69) is 25.2 Å². The number of hydrogen-bond donors (Lipinski definition) is 1. The number of thiazole rings is 1. The molecule has 0 spiro atoms. The Balaban J connectivity index is 1.66. The summed E-state index contributed by atoms with van der Waals surface area (Å²) < 4.78 is 34.0. The van der Waals surface area contributed by atoms with Gasteiger partial charge in [0.1, 0.15) is 11.6 Å². The number of aromatic nitrogens is 3. The fraction of sp³-hybridized carbons (Fsp3) is 0.611. The van der Waals surface area contributed by atoms with Crippen LogP contribution in [0.2, 0.25) is 0 Å². The van der Waals surface area contributed by atoms with E-state index in [4.69, 9.17) is 4.74 Å². The molecule has 2 aromatic rings. The highest BCUT2D eigenvalue weighted by Crippen LogP contribution is 2.36. The van der Waals surface area contributed by atoms with E-state index in [9.17, 15) is 8.78 Å². The van der Waals surface area contributed by atoms with E-state index in [1.54, 1.807) is 6.07 Å². The van der Waals surface area contributed by atoms with Crippen molar-refractivity contribution in [1.29, 1.82) is 0 Å². The molecular formula is C18H23F2N5OS. The zero-order valence-electron chi connectivity index (χ0n) is 15.3. The summed E-state index contributed by atoms with van der Waals surface area (Å²) >= 11 is 1.46. The van der Waals surface area contributed by atoms with Crippen LogP contribution in [0.5, 0.6) is 0 Å². The lowest BCUT2D eigenvalue weighted by molar-refractivity contribution is -0.0449. The maximum Gasteiger partial charge on any atom is 0.267 e.